The van der Waals surface area contributed by atoms with Gasteiger partial charge in [0.15, 0.2) is 0 Å². The van der Waals surface area contributed by atoms with E-state index in [-0.39, 0.29) is 24.7 Å². The summed E-state index contributed by atoms with van der Waals surface area (Å²) in [5.41, 5.74) is 0.845. The molecule has 0 bridgehead atoms. The first-order chi connectivity index (χ1) is 12.2. The van der Waals surface area contributed by atoms with Crippen molar-refractivity contribution in [3.8, 4) is 5.75 Å². The third-order valence-electron chi connectivity index (χ3n) is 4.21. The highest BCUT2D eigenvalue weighted by Gasteiger charge is 2.28. The van der Waals surface area contributed by atoms with Gasteiger partial charge in [-0.1, -0.05) is 18.2 Å². The highest BCUT2D eigenvalue weighted by Crippen LogP contribution is 2.19. The lowest BCUT2D eigenvalue weighted by Crippen LogP contribution is -2.51. The van der Waals surface area contributed by atoms with E-state index in [0.29, 0.717) is 19.6 Å². The fraction of sp³-hybridized carbons (Fsp3) is 0.421. The minimum absolute atomic E-state index is 0.0144. The molecule has 2 heterocycles. The average molecular weight is 361 g/mol. The molecule has 0 aliphatic carbocycles. The van der Waals surface area contributed by atoms with E-state index in [9.17, 15) is 4.79 Å². The molecular weight excluding hydrogens is 338 g/mol. The Morgan fingerprint density at radius 2 is 2.16 bits per heavy atom. The summed E-state index contributed by atoms with van der Waals surface area (Å²) < 4.78 is 11.6. The molecule has 1 saturated heterocycles. The zero-order chi connectivity index (χ0) is 17.5. The zero-order valence-electron chi connectivity index (χ0n) is 14.0. The summed E-state index contributed by atoms with van der Waals surface area (Å²) in [6, 6.07) is 11.3. The van der Waals surface area contributed by atoms with E-state index >= 15 is 0 Å². The van der Waals surface area contributed by atoms with Gasteiger partial charge in [0.1, 0.15) is 11.9 Å². The van der Waals surface area contributed by atoms with Crippen LogP contribution in [0.4, 0.5) is 0 Å². The van der Waals surface area contributed by atoms with Crippen molar-refractivity contribution in [3.05, 3.63) is 52.2 Å². The number of rotatable bonds is 7. The highest BCUT2D eigenvalue weighted by molar-refractivity contribution is 7.09. The highest BCUT2D eigenvalue weighted by atomic mass is 32.1. The van der Waals surface area contributed by atoms with Crippen LogP contribution < -0.4 is 10.1 Å². The van der Waals surface area contributed by atoms with Crippen molar-refractivity contribution in [2.24, 2.45) is 0 Å². The van der Waals surface area contributed by atoms with E-state index in [1.165, 1.54) is 4.88 Å². The summed E-state index contributed by atoms with van der Waals surface area (Å²) in [5.74, 6) is 0.759. The van der Waals surface area contributed by atoms with Crippen LogP contribution in [0.2, 0.25) is 0 Å². The van der Waals surface area contributed by atoms with Gasteiger partial charge in [-0.05, 0) is 35.6 Å². The Balaban J connectivity index is 1.53. The molecule has 1 aromatic heterocycles. The predicted octanol–water partition coefficient (Wildman–Crippen LogP) is 2.53. The summed E-state index contributed by atoms with van der Waals surface area (Å²) in [7, 11) is 0. The Bertz CT molecular complexity index is 657. The minimum Gasteiger partial charge on any atom is -0.488 e. The van der Waals surface area contributed by atoms with Crippen LogP contribution in [-0.2, 0) is 22.6 Å². The normalized spacial score (nSPS) is 20.2. The van der Waals surface area contributed by atoms with Gasteiger partial charge in [-0.15, -0.1) is 11.3 Å². The molecule has 134 valence electrons. The number of aliphatic hydroxyl groups is 1. The van der Waals surface area contributed by atoms with Gasteiger partial charge in [0.05, 0.1) is 25.9 Å². The maximum Gasteiger partial charge on any atom is 0.220 e. The van der Waals surface area contributed by atoms with Crippen molar-refractivity contribution in [2.45, 2.75) is 38.0 Å². The van der Waals surface area contributed by atoms with Gasteiger partial charge in [-0.3, -0.25) is 4.79 Å². The maximum atomic E-state index is 12.2. The molecule has 1 aliphatic heterocycles. The lowest BCUT2D eigenvalue weighted by Gasteiger charge is -2.32. The SMILES string of the molecule is O=C(CCc1cccs1)N[C@@H]1COCC[C@H]1Oc1ccc(CO)cc1. The van der Waals surface area contributed by atoms with Crippen LogP contribution in [0.25, 0.3) is 0 Å². The van der Waals surface area contributed by atoms with E-state index in [2.05, 4.69) is 5.32 Å². The van der Waals surface area contributed by atoms with Gasteiger partial charge in [0.2, 0.25) is 5.91 Å². The Kier molecular flexibility index (Phi) is 6.44. The van der Waals surface area contributed by atoms with Crippen LogP contribution in [0.15, 0.2) is 41.8 Å². The molecule has 1 amide bonds. The topological polar surface area (TPSA) is 67.8 Å². The van der Waals surface area contributed by atoms with Gasteiger partial charge < -0.3 is 19.9 Å². The van der Waals surface area contributed by atoms with Crippen LogP contribution in [0.3, 0.4) is 0 Å². The van der Waals surface area contributed by atoms with Crippen LogP contribution in [0, 0.1) is 0 Å². The van der Waals surface area contributed by atoms with Crippen LogP contribution in [0.1, 0.15) is 23.3 Å². The Morgan fingerprint density at radius 3 is 2.88 bits per heavy atom. The number of aryl methyl sites for hydroxylation is 1. The average Bonchev–Trinajstić information content (AvgIpc) is 3.16. The molecular formula is C19H23NO4S. The second-order valence-corrected chi connectivity index (χ2v) is 7.11. The number of benzene rings is 1. The van der Waals surface area contributed by atoms with E-state index < -0.39 is 0 Å². The fourth-order valence-corrected chi connectivity index (χ4v) is 3.52. The molecule has 0 saturated carbocycles. The Hall–Kier alpha value is -1.89. The third kappa shape index (κ3) is 5.29. The van der Waals surface area contributed by atoms with Crippen molar-refractivity contribution in [3.63, 3.8) is 0 Å². The molecule has 25 heavy (non-hydrogen) atoms. The van der Waals surface area contributed by atoms with Crippen molar-refractivity contribution in [2.75, 3.05) is 13.2 Å². The lowest BCUT2D eigenvalue weighted by atomic mass is 10.1. The van der Waals surface area contributed by atoms with Crippen LogP contribution in [0.5, 0.6) is 5.75 Å². The largest absolute Gasteiger partial charge is 0.488 e. The number of carbonyl (C=O) groups excluding carboxylic acids is 1. The monoisotopic (exact) mass is 361 g/mol. The van der Waals surface area contributed by atoms with Gasteiger partial charge in [0.25, 0.3) is 0 Å². The molecule has 1 aromatic carbocycles. The van der Waals surface area contributed by atoms with Crippen LogP contribution in [-0.4, -0.2) is 36.4 Å². The molecule has 3 rings (SSSR count). The second kappa shape index (κ2) is 8.99. The molecule has 0 unspecified atom stereocenters. The maximum absolute atomic E-state index is 12.2. The van der Waals surface area contributed by atoms with Gasteiger partial charge >= 0.3 is 0 Å². The Morgan fingerprint density at radius 1 is 1.32 bits per heavy atom. The summed E-state index contributed by atoms with van der Waals surface area (Å²) >= 11 is 1.67. The molecule has 1 aliphatic rings. The van der Waals surface area contributed by atoms with E-state index in [4.69, 9.17) is 14.6 Å². The van der Waals surface area contributed by atoms with Crippen molar-refractivity contribution in [1.29, 1.82) is 0 Å². The lowest BCUT2D eigenvalue weighted by molar-refractivity contribution is -0.124. The second-order valence-electron chi connectivity index (χ2n) is 6.08. The first kappa shape index (κ1) is 17.9. The Labute approximate surface area is 151 Å². The van der Waals surface area contributed by atoms with Crippen LogP contribution >= 0.6 is 11.3 Å². The van der Waals surface area contributed by atoms with Gasteiger partial charge in [-0.25, -0.2) is 0 Å². The number of thiophene rings is 1. The smallest absolute Gasteiger partial charge is 0.220 e. The van der Waals surface area contributed by atoms with Crippen molar-refractivity contribution >= 4 is 17.2 Å². The van der Waals surface area contributed by atoms with E-state index in [0.717, 1.165) is 24.2 Å². The fourth-order valence-electron chi connectivity index (χ4n) is 2.81. The van der Waals surface area contributed by atoms with E-state index in [1.54, 1.807) is 11.3 Å². The van der Waals surface area contributed by atoms with Crippen molar-refractivity contribution in [1.82, 2.24) is 5.32 Å². The van der Waals surface area contributed by atoms with Gasteiger partial charge in [-0.2, -0.15) is 0 Å². The van der Waals surface area contributed by atoms with E-state index in [1.807, 2.05) is 41.8 Å². The summed E-state index contributed by atoms with van der Waals surface area (Å²) in [5, 5.41) is 14.2. The molecule has 1 fully saturated rings. The number of aliphatic hydroxyl groups excluding tert-OH is 1. The third-order valence-corrected chi connectivity index (χ3v) is 5.15. The molecule has 6 heteroatoms. The first-order valence-corrected chi connectivity index (χ1v) is 9.38. The molecule has 5 nitrogen and oxygen atoms in total. The number of ether oxygens (including phenoxy) is 2. The molecule has 2 aromatic rings. The zero-order valence-corrected chi connectivity index (χ0v) is 14.8. The minimum atomic E-state index is -0.151. The molecule has 0 spiro atoms. The van der Waals surface area contributed by atoms with Crippen molar-refractivity contribution < 1.29 is 19.4 Å². The number of amides is 1. The standard InChI is InChI=1S/C19H23NO4S/c21-12-14-3-5-15(6-4-14)24-18-9-10-23-13-17(18)20-19(22)8-7-16-2-1-11-25-16/h1-6,11,17-18,21H,7-10,12-13H2,(H,20,22)/t17-,18-/m1/s1. The quantitative estimate of drug-likeness (QED) is 0.795. The predicted molar refractivity (Wildman–Crippen MR) is 96.8 cm³/mol. The number of nitrogens with one attached hydrogen (secondary N) is 1. The number of hydrogen-bond donors (Lipinski definition) is 2. The molecule has 2 N–H and O–H groups in total. The number of carbonyl (C=O) groups is 1. The van der Waals surface area contributed by atoms with Gasteiger partial charge in [0, 0.05) is 17.7 Å². The summed E-state index contributed by atoms with van der Waals surface area (Å²) in [4.78, 5) is 13.5. The molecule has 0 radical (unpaired) electrons. The molecule has 2 atom stereocenters. The first-order valence-electron chi connectivity index (χ1n) is 8.50. The summed E-state index contributed by atoms with van der Waals surface area (Å²) in [6.07, 6.45) is 1.84. The number of hydrogen-bond acceptors (Lipinski definition) is 5. The summed E-state index contributed by atoms with van der Waals surface area (Å²) in [6.45, 7) is 1.10.